The number of carbonyl (C=O) groups is 3. The fourth-order valence-electron chi connectivity index (χ4n) is 9.28. The van der Waals surface area contributed by atoms with Crippen LogP contribution in [0.2, 0.25) is 0 Å². The molecule has 0 heterocycles. The van der Waals surface area contributed by atoms with Crippen molar-refractivity contribution < 1.29 is 28.6 Å². The molecular formula is C64H118O6. The molecule has 0 amide bonds. The summed E-state index contributed by atoms with van der Waals surface area (Å²) in [6.45, 7) is 6.59. The number of esters is 3. The van der Waals surface area contributed by atoms with Crippen molar-refractivity contribution in [2.75, 3.05) is 13.2 Å². The third-order valence-corrected chi connectivity index (χ3v) is 13.9. The second-order valence-electron chi connectivity index (χ2n) is 21.0. The van der Waals surface area contributed by atoms with E-state index < -0.39 is 6.10 Å². The molecular weight excluding hydrogens is 865 g/mol. The van der Waals surface area contributed by atoms with Crippen molar-refractivity contribution in [1.82, 2.24) is 0 Å². The van der Waals surface area contributed by atoms with Gasteiger partial charge in [-0.05, 0) is 51.4 Å². The number of allylic oxidation sites excluding steroid dienone is 6. The standard InChI is InChI=1S/C64H118O6/c1-4-7-10-13-16-19-22-25-28-30-32-34-36-39-42-45-48-51-54-57-63(66)69-60-61(59-68-62(65)56-53-50-47-44-41-38-35-27-24-21-18-15-12-9-6-3)70-64(67)58-55-52-49-46-43-40-37-33-31-29-26-23-20-17-14-11-8-5-2/h7,10,16,19,25,28,61H,4-6,8-9,11-15,17-18,20-24,26-27,29-60H2,1-3H3/b10-7-,19-16-,28-25-. The van der Waals surface area contributed by atoms with Gasteiger partial charge in [0.1, 0.15) is 13.2 Å². The Morgan fingerprint density at radius 2 is 0.557 bits per heavy atom. The van der Waals surface area contributed by atoms with Crippen LogP contribution in [0, 0.1) is 0 Å². The van der Waals surface area contributed by atoms with E-state index in [1.807, 2.05) is 0 Å². The predicted molar refractivity (Wildman–Crippen MR) is 302 cm³/mol. The van der Waals surface area contributed by atoms with E-state index in [-0.39, 0.29) is 31.1 Å². The lowest BCUT2D eigenvalue weighted by molar-refractivity contribution is -0.167. The van der Waals surface area contributed by atoms with Crippen LogP contribution in [0.5, 0.6) is 0 Å². The van der Waals surface area contributed by atoms with Gasteiger partial charge in [0, 0.05) is 19.3 Å². The number of ether oxygens (including phenoxy) is 3. The molecule has 6 heteroatoms. The van der Waals surface area contributed by atoms with Crippen LogP contribution in [0.3, 0.4) is 0 Å². The first-order valence-corrected chi connectivity index (χ1v) is 31.0. The van der Waals surface area contributed by atoms with E-state index in [0.717, 1.165) is 77.0 Å². The Balaban J connectivity index is 4.32. The summed E-state index contributed by atoms with van der Waals surface area (Å²) in [4.78, 5) is 38.3. The van der Waals surface area contributed by atoms with Gasteiger partial charge in [-0.25, -0.2) is 0 Å². The maximum Gasteiger partial charge on any atom is 0.306 e. The second kappa shape index (κ2) is 59.2. The highest BCUT2D eigenvalue weighted by molar-refractivity contribution is 5.71. The van der Waals surface area contributed by atoms with Gasteiger partial charge in [0.2, 0.25) is 0 Å². The number of hydrogen-bond acceptors (Lipinski definition) is 6. The van der Waals surface area contributed by atoms with Crippen molar-refractivity contribution in [3.63, 3.8) is 0 Å². The van der Waals surface area contributed by atoms with Gasteiger partial charge < -0.3 is 14.2 Å². The summed E-state index contributed by atoms with van der Waals surface area (Å²) in [5.74, 6) is -0.849. The van der Waals surface area contributed by atoms with E-state index in [9.17, 15) is 14.4 Å². The van der Waals surface area contributed by atoms with E-state index in [2.05, 4.69) is 57.2 Å². The molecule has 1 atom stereocenters. The van der Waals surface area contributed by atoms with E-state index in [0.29, 0.717) is 19.3 Å². The number of unbranched alkanes of at least 4 members (excludes halogenated alkanes) is 40. The van der Waals surface area contributed by atoms with Crippen molar-refractivity contribution in [1.29, 1.82) is 0 Å². The summed E-state index contributed by atoms with van der Waals surface area (Å²) < 4.78 is 16.9. The van der Waals surface area contributed by atoms with Crippen molar-refractivity contribution in [2.24, 2.45) is 0 Å². The molecule has 0 saturated carbocycles. The van der Waals surface area contributed by atoms with Gasteiger partial charge in [0.15, 0.2) is 6.10 Å². The normalized spacial score (nSPS) is 12.2. The summed E-state index contributed by atoms with van der Waals surface area (Å²) >= 11 is 0. The van der Waals surface area contributed by atoms with Crippen molar-refractivity contribution >= 4 is 17.9 Å². The molecule has 0 aliphatic rings. The summed E-state index contributed by atoms with van der Waals surface area (Å²) in [5.41, 5.74) is 0. The number of rotatable bonds is 57. The van der Waals surface area contributed by atoms with Gasteiger partial charge in [0.25, 0.3) is 0 Å². The van der Waals surface area contributed by atoms with Gasteiger partial charge in [-0.15, -0.1) is 0 Å². The molecule has 0 aromatic heterocycles. The molecule has 0 fully saturated rings. The zero-order valence-corrected chi connectivity index (χ0v) is 47.1. The third-order valence-electron chi connectivity index (χ3n) is 13.9. The van der Waals surface area contributed by atoms with Gasteiger partial charge in [-0.3, -0.25) is 14.4 Å². The fraction of sp³-hybridized carbons (Fsp3) is 0.859. The third kappa shape index (κ3) is 56.5. The zero-order chi connectivity index (χ0) is 50.7. The summed E-state index contributed by atoms with van der Waals surface area (Å²) in [6.07, 6.45) is 71.4. The molecule has 0 radical (unpaired) electrons. The van der Waals surface area contributed by atoms with E-state index >= 15 is 0 Å². The Bertz CT molecular complexity index is 1170. The Morgan fingerprint density at radius 3 is 0.871 bits per heavy atom. The first-order valence-electron chi connectivity index (χ1n) is 31.0. The van der Waals surface area contributed by atoms with E-state index in [4.69, 9.17) is 14.2 Å². The molecule has 1 unspecified atom stereocenters. The van der Waals surface area contributed by atoms with Crippen LogP contribution < -0.4 is 0 Å². The molecule has 70 heavy (non-hydrogen) atoms. The minimum absolute atomic E-state index is 0.0680. The van der Waals surface area contributed by atoms with Crippen LogP contribution in [-0.2, 0) is 28.6 Å². The van der Waals surface area contributed by atoms with Crippen LogP contribution in [0.15, 0.2) is 36.5 Å². The van der Waals surface area contributed by atoms with Crippen LogP contribution in [0.1, 0.15) is 335 Å². The average Bonchev–Trinajstić information content (AvgIpc) is 3.36. The van der Waals surface area contributed by atoms with Crippen LogP contribution >= 0.6 is 0 Å². The van der Waals surface area contributed by atoms with E-state index in [1.54, 1.807) is 0 Å². The molecule has 0 aliphatic carbocycles. The highest BCUT2D eigenvalue weighted by Gasteiger charge is 2.19. The van der Waals surface area contributed by atoms with Crippen molar-refractivity contribution in [3.8, 4) is 0 Å². The molecule has 6 nitrogen and oxygen atoms in total. The maximum absolute atomic E-state index is 12.9. The molecule has 0 saturated heterocycles. The first kappa shape index (κ1) is 67.6. The Morgan fingerprint density at radius 1 is 0.300 bits per heavy atom. The predicted octanol–water partition coefficient (Wildman–Crippen LogP) is 20.8. The highest BCUT2D eigenvalue weighted by Crippen LogP contribution is 2.18. The lowest BCUT2D eigenvalue weighted by atomic mass is 10.0. The molecule has 0 aromatic rings. The van der Waals surface area contributed by atoms with E-state index in [1.165, 1.54) is 218 Å². The van der Waals surface area contributed by atoms with Gasteiger partial charge >= 0.3 is 17.9 Å². The Labute approximate surface area is 435 Å². The van der Waals surface area contributed by atoms with Crippen molar-refractivity contribution in [2.45, 2.75) is 341 Å². The molecule has 0 spiro atoms. The summed E-state index contributed by atoms with van der Waals surface area (Å²) in [6, 6.07) is 0. The molecule has 0 N–H and O–H groups in total. The number of hydrogen-bond donors (Lipinski definition) is 0. The fourth-order valence-corrected chi connectivity index (χ4v) is 9.28. The van der Waals surface area contributed by atoms with Crippen LogP contribution in [0.25, 0.3) is 0 Å². The SMILES string of the molecule is CC/C=C\C/C=C\C/C=C\CCCCCCCCCCCC(=O)OCC(COC(=O)CCCCCCCCCCCCCCCCC)OC(=O)CCCCCCCCCCCCCCCCCCCC. The average molecular weight is 984 g/mol. The second-order valence-corrected chi connectivity index (χ2v) is 21.0. The number of carbonyl (C=O) groups excluding carboxylic acids is 3. The van der Waals surface area contributed by atoms with Crippen LogP contribution in [0.4, 0.5) is 0 Å². The molecule has 0 aromatic carbocycles. The smallest absolute Gasteiger partial charge is 0.306 e. The molecule has 0 rings (SSSR count). The highest BCUT2D eigenvalue weighted by atomic mass is 16.6. The van der Waals surface area contributed by atoms with Crippen LogP contribution in [-0.4, -0.2) is 37.2 Å². The van der Waals surface area contributed by atoms with Gasteiger partial charge in [-0.1, -0.05) is 301 Å². The topological polar surface area (TPSA) is 78.9 Å². The van der Waals surface area contributed by atoms with Gasteiger partial charge in [0.05, 0.1) is 0 Å². The van der Waals surface area contributed by atoms with Crippen molar-refractivity contribution in [3.05, 3.63) is 36.5 Å². The lowest BCUT2D eigenvalue weighted by Crippen LogP contribution is -2.30. The molecule has 0 bridgehead atoms. The minimum Gasteiger partial charge on any atom is -0.462 e. The quantitative estimate of drug-likeness (QED) is 0.0261. The summed E-state index contributed by atoms with van der Waals surface area (Å²) in [7, 11) is 0. The lowest BCUT2D eigenvalue weighted by Gasteiger charge is -2.18. The largest absolute Gasteiger partial charge is 0.462 e. The minimum atomic E-state index is -0.770. The maximum atomic E-state index is 12.9. The zero-order valence-electron chi connectivity index (χ0n) is 47.1. The first-order chi connectivity index (χ1) is 34.5. The molecule has 410 valence electrons. The Hall–Kier alpha value is -2.37. The van der Waals surface area contributed by atoms with Gasteiger partial charge in [-0.2, -0.15) is 0 Å². The summed E-state index contributed by atoms with van der Waals surface area (Å²) in [5, 5.41) is 0. The Kier molecular flexibility index (Phi) is 57.2. The molecule has 0 aliphatic heterocycles. The monoisotopic (exact) mass is 983 g/mol.